The molecule has 3 rings (SSSR count). The molecule has 0 atom stereocenters. The van der Waals surface area contributed by atoms with E-state index in [9.17, 15) is 4.79 Å². The zero-order valence-corrected chi connectivity index (χ0v) is 13.4. The van der Waals surface area contributed by atoms with Gasteiger partial charge in [0.05, 0.1) is 6.54 Å². The van der Waals surface area contributed by atoms with E-state index < -0.39 is 0 Å². The van der Waals surface area contributed by atoms with Crippen LogP contribution in [-0.4, -0.2) is 22.6 Å². The summed E-state index contributed by atoms with van der Waals surface area (Å²) in [6.07, 6.45) is 3.62. The second kappa shape index (κ2) is 6.34. The molecule has 0 amide bonds. The van der Waals surface area contributed by atoms with Crippen molar-refractivity contribution in [3.05, 3.63) is 57.5 Å². The number of hydrogen-bond donors (Lipinski definition) is 0. The Kier molecular flexibility index (Phi) is 4.27. The number of aromatic nitrogens is 2. The Balaban J connectivity index is 2.02. The van der Waals surface area contributed by atoms with Crippen LogP contribution < -0.4 is 10.5 Å². The molecule has 1 saturated heterocycles. The number of rotatable bonds is 3. The van der Waals surface area contributed by atoms with Crippen molar-refractivity contribution in [3.63, 3.8) is 0 Å². The normalized spacial score (nSPS) is 15.1. The fourth-order valence-corrected chi connectivity index (χ4v) is 3.05. The predicted octanol–water partition coefficient (Wildman–Crippen LogP) is 2.90. The quantitative estimate of drug-likeness (QED) is 0.874. The van der Waals surface area contributed by atoms with Crippen molar-refractivity contribution in [2.24, 2.45) is 0 Å². The summed E-state index contributed by atoms with van der Waals surface area (Å²) < 4.78 is 1.82. The van der Waals surface area contributed by atoms with Gasteiger partial charge in [-0.1, -0.05) is 24.3 Å². The Morgan fingerprint density at radius 1 is 1.09 bits per heavy atom. The van der Waals surface area contributed by atoms with Gasteiger partial charge in [-0.15, -0.1) is 0 Å². The standard InChI is InChI=1S/C18H23N3O/c1-14-8-4-5-9-16(14)13-21-17(22)12-15(2)19-18(21)20-10-6-3-7-11-20/h4-5,8-9,12H,3,6-7,10-11,13H2,1-2H3. The van der Waals surface area contributed by atoms with E-state index in [1.165, 1.54) is 30.4 Å². The van der Waals surface area contributed by atoms with Crippen molar-refractivity contribution in [1.29, 1.82) is 0 Å². The number of nitrogens with zero attached hydrogens (tertiary/aromatic N) is 3. The highest BCUT2D eigenvalue weighted by atomic mass is 16.1. The van der Waals surface area contributed by atoms with E-state index in [1.54, 1.807) is 6.07 Å². The van der Waals surface area contributed by atoms with E-state index in [0.717, 1.165) is 24.7 Å². The Morgan fingerprint density at radius 2 is 1.82 bits per heavy atom. The predicted molar refractivity (Wildman–Crippen MR) is 89.6 cm³/mol. The monoisotopic (exact) mass is 297 g/mol. The zero-order valence-electron chi connectivity index (χ0n) is 13.4. The van der Waals surface area contributed by atoms with Crippen LogP contribution in [0.25, 0.3) is 0 Å². The van der Waals surface area contributed by atoms with E-state index in [2.05, 4.69) is 28.9 Å². The first-order valence-corrected chi connectivity index (χ1v) is 8.03. The summed E-state index contributed by atoms with van der Waals surface area (Å²) in [7, 11) is 0. The van der Waals surface area contributed by atoms with Gasteiger partial charge < -0.3 is 4.90 Å². The van der Waals surface area contributed by atoms with Gasteiger partial charge in [0.1, 0.15) is 0 Å². The van der Waals surface area contributed by atoms with Crippen molar-refractivity contribution in [1.82, 2.24) is 9.55 Å². The Labute approximate surface area is 131 Å². The van der Waals surface area contributed by atoms with Gasteiger partial charge >= 0.3 is 0 Å². The lowest BCUT2D eigenvalue weighted by atomic mass is 10.1. The summed E-state index contributed by atoms with van der Waals surface area (Å²) in [6.45, 7) is 6.55. The molecule has 2 aromatic rings. The van der Waals surface area contributed by atoms with Crippen molar-refractivity contribution < 1.29 is 0 Å². The molecule has 4 heteroatoms. The molecule has 2 heterocycles. The topological polar surface area (TPSA) is 38.1 Å². The summed E-state index contributed by atoms with van der Waals surface area (Å²) in [5.41, 5.74) is 3.22. The molecule has 0 saturated carbocycles. The van der Waals surface area contributed by atoms with Gasteiger partial charge in [0.2, 0.25) is 5.95 Å². The summed E-state index contributed by atoms with van der Waals surface area (Å²) >= 11 is 0. The van der Waals surface area contributed by atoms with Crippen LogP contribution in [0.2, 0.25) is 0 Å². The minimum absolute atomic E-state index is 0.0383. The fourth-order valence-electron chi connectivity index (χ4n) is 3.05. The molecule has 0 aliphatic carbocycles. The number of hydrogen-bond acceptors (Lipinski definition) is 3. The van der Waals surface area contributed by atoms with Gasteiger partial charge in [-0.05, 0) is 44.2 Å². The van der Waals surface area contributed by atoms with Gasteiger partial charge in [-0.3, -0.25) is 9.36 Å². The molecule has 4 nitrogen and oxygen atoms in total. The molecule has 0 N–H and O–H groups in total. The molecular formula is C18H23N3O. The van der Waals surface area contributed by atoms with E-state index in [4.69, 9.17) is 0 Å². The Bertz CT molecular complexity index is 715. The SMILES string of the molecule is Cc1cc(=O)n(Cc2ccccc2C)c(N2CCCCC2)n1. The summed E-state index contributed by atoms with van der Waals surface area (Å²) in [5, 5.41) is 0. The lowest BCUT2D eigenvalue weighted by Crippen LogP contribution is -2.36. The summed E-state index contributed by atoms with van der Waals surface area (Å²) in [4.78, 5) is 19.4. The molecule has 1 aliphatic heterocycles. The van der Waals surface area contributed by atoms with Gasteiger partial charge in [-0.2, -0.15) is 0 Å². The summed E-state index contributed by atoms with van der Waals surface area (Å²) in [6, 6.07) is 9.85. The number of anilines is 1. The molecule has 1 aromatic heterocycles. The molecule has 1 aliphatic rings. The second-order valence-electron chi connectivity index (χ2n) is 6.10. The van der Waals surface area contributed by atoms with Crippen LogP contribution in [0.3, 0.4) is 0 Å². The number of piperidine rings is 1. The van der Waals surface area contributed by atoms with Crippen LogP contribution in [0.4, 0.5) is 5.95 Å². The van der Waals surface area contributed by atoms with Crippen molar-refractivity contribution in [3.8, 4) is 0 Å². The number of aryl methyl sites for hydroxylation is 2. The highest BCUT2D eigenvalue weighted by Gasteiger charge is 2.18. The molecule has 0 unspecified atom stereocenters. The minimum Gasteiger partial charge on any atom is -0.342 e. The maximum atomic E-state index is 12.5. The number of benzene rings is 1. The average Bonchev–Trinajstić information content (AvgIpc) is 2.52. The van der Waals surface area contributed by atoms with Crippen molar-refractivity contribution >= 4 is 5.95 Å². The van der Waals surface area contributed by atoms with Gasteiger partial charge in [0, 0.05) is 24.8 Å². The van der Waals surface area contributed by atoms with Crippen molar-refractivity contribution in [2.75, 3.05) is 18.0 Å². The molecule has 0 radical (unpaired) electrons. The third-order valence-electron chi connectivity index (χ3n) is 4.34. The highest BCUT2D eigenvalue weighted by molar-refractivity contribution is 5.35. The van der Waals surface area contributed by atoms with Crippen LogP contribution >= 0.6 is 0 Å². The molecular weight excluding hydrogens is 274 g/mol. The minimum atomic E-state index is 0.0383. The largest absolute Gasteiger partial charge is 0.342 e. The van der Waals surface area contributed by atoms with E-state index in [1.807, 2.05) is 23.6 Å². The van der Waals surface area contributed by atoms with Crippen LogP contribution in [0.5, 0.6) is 0 Å². The Morgan fingerprint density at radius 3 is 2.55 bits per heavy atom. The zero-order chi connectivity index (χ0) is 15.5. The maximum Gasteiger partial charge on any atom is 0.255 e. The van der Waals surface area contributed by atoms with Crippen LogP contribution in [0.1, 0.15) is 36.1 Å². The first-order chi connectivity index (χ1) is 10.6. The molecule has 116 valence electrons. The van der Waals surface area contributed by atoms with Gasteiger partial charge in [-0.25, -0.2) is 4.98 Å². The lowest BCUT2D eigenvalue weighted by Gasteiger charge is -2.30. The van der Waals surface area contributed by atoms with Crippen molar-refractivity contribution in [2.45, 2.75) is 39.7 Å². The van der Waals surface area contributed by atoms with E-state index >= 15 is 0 Å². The highest BCUT2D eigenvalue weighted by Crippen LogP contribution is 2.18. The van der Waals surface area contributed by atoms with Crippen LogP contribution in [-0.2, 0) is 6.54 Å². The van der Waals surface area contributed by atoms with Gasteiger partial charge in [0.15, 0.2) is 0 Å². The molecule has 0 spiro atoms. The second-order valence-corrected chi connectivity index (χ2v) is 6.10. The summed E-state index contributed by atoms with van der Waals surface area (Å²) in [5.74, 6) is 0.827. The fraction of sp³-hybridized carbons (Fsp3) is 0.444. The molecule has 22 heavy (non-hydrogen) atoms. The maximum absolute atomic E-state index is 12.5. The lowest BCUT2D eigenvalue weighted by molar-refractivity contribution is 0.550. The van der Waals surface area contributed by atoms with Gasteiger partial charge in [0.25, 0.3) is 5.56 Å². The smallest absolute Gasteiger partial charge is 0.255 e. The molecule has 1 aromatic carbocycles. The first-order valence-electron chi connectivity index (χ1n) is 8.03. The van der Waals surface area contributed by atoms with Crippen LogP contribution in [0.15, 0.2) is 35.1 Å². The van der Waals surface area contributed by atoms with E-state index in [0.29, 0.717) is 6.54 Å². The van der Waals surface area contributed by atoms with Crippen LogP contribution in [0, 0.1) is 13.8 Å². The Hall–Kier alpha value is -2.10. The average molecular weight is 297 g/mol. The third-order valence-corrected chi connectivity index (χ3v) is 4.34. The van der Waals surface area contributed by atoms with E-state index in [-0.39, 0.29) is 5.56 Å². The third kappa shape index (κ3) is 3.06. The molecule has 1 fully saturated rings. The molecule has 0 bridgehead atoms. The first kappa shape index (κ1) is 14.8.